The van der Waals surface area contributed by atoms with E-state index in [2.05, 4.69) is 0 Å². The van der Waals surface area contributed by atoms with Gasteiger partial charge >= 0.3 is 0 Å². The number of sulfonamides is 1. The Morgan fingerprint density at radius 2 is 1.70 bits per heavy atom. The van der Waals surface area contributed by atoms with E-state index in [0.717, 1.165) is 15.4 Å². The first kappa shape index (κ1) is 15.6. The fourth-order valence-electron chi connectivity index (χ4n) is 3.02. The molecule has 0 unspecified atom stereocenters. The molecule has 0 atom stereocenters. The number of amides is 1. The normalized spacial score (nSPS) is 16.1. The number of ether oxygens (including phenoxy) is 1. The van der Waals surface area contributed by atoms with Crippen LogP contribution in [0.1, 0.15) is 16.7 Å². The van der Waals surface area contributed by atoms with Gasteiger partial charge in [0.15, 0.2) is 0 Å². The summed E-state index contributed by atoms with van der Waals surface area (Å²) in [6.07, 6.45) is 0.0690. The largest absolute Gasteiger partial charge is 0.496 e. The van der Waals surface area contributed by atoms with E-state index in [4.69, 9.17) is 4.74 Å². The van der Waals surface area contributed by atoms with E-state index >= 15 is 0 Å². The number of aryl methyl sites for hydroxylation is 2. The van der Waals surface area contributed by atoms with Crippen molar-refractivity contribution in [1.82, 2.24) is 0 Å². The summed E-state index contributed by atoms with van der Waals surface area (Å²) in [6.45, 7) is 3.65. The average Bonchev–Trinajstić information content (AvgIpc) is 2.46. The highest BCUT2D eigenvalue weighted by Crippen LogP contribution is 2.35. The van der Waals surface area contributed by atoms with E-state index in [1.54, 1.807) is 37.4 Å². The van der Waals surface area contributed by atoms with Gasteiger partial charge in [0.05, 0.1) is 24.1 Å². The van der Waals surface area contributed by atoms with Crippen LogP contribution in [-0.2, 0) is 21.2 Å². The SMILES string of the molecule is COc1c(C)cc(N2C(=O)Cc3ccccc3S2(=O)=O)cc1C. The molecule has 5 nitrogen and oxygen atoms in total. The van der Waals surface area contributed by atoms with Crippen LogP contribution < -0.4 is 9.04 Å². The molecule has 0 saturated heterocycles. The van der Waals surface area contributed by atoms with Crippen molar-refractivity contribution in [3.05, 3.63) is 53.1 Å². The smallest absolute Gasteiger partial charge is 0.271 e. The first-order valence-corrected chi connectivity index (χ1v) is 8.61. The molecule has 0 aromatic heterocycles. The van der Waals surface area contributed by atoms with Crippen LogP contribution in [0.2, 0.25) is 0 Å². The summed E-state index contributed by atoms with van der Waals surface area (Å²) in [5.74, 6) is 0.240. The van der Waals surface area contributed by atoms with Gasteiger partial charge in [0, 0.05) is 0 Å². The average molecular weight is 331 g/mol. The Kier molecular flexibility index (Phi) is 3.64. The molecular formula is C17H17NO4S. The standard InChI is InChI=1S/C17H17NO4S/c1-11-8-14(9-12(2)17(11)22-3)18-16(19)10-13-6-4-5-7-15(13)23(18,20)21/h4-9H,10H2,1-3H3. The third-order valence-electron chi connectivity index (χ3n) is 3.94. The summed E-state index contributed by atoms with van der Waals surface area (Å²) >= 11 is 0. The summed E-state index contributed by atoms with van der Waals surface area (Å²) in [7, 11) is -2.33. The van der Waals surface area contributed by atoms with Crippen molar-refractivity contribution >= 4 is 21.6 Å². The van der Waals surface area contributed by atoms with E-state index in [-0.39, 0.29) is 11.3 Å². The quantitative estimate of drug-likeness (QED) is 0.848. The summed E-state index contributed by atoms with van der Waals surface area (Å²) in [4.78, 5) is 12.7. The first-order valence-electron chi connectivity index (χ1n) is 7.17. The van der Waals surface area contributed by atoms with Gasteiger partial charge in [0.25, 0.3) is 10.0 Å². The van der Waals surface area contributed by atoms with E-state index in [9.17, 15) is 13.2 Å². The second-order valence-electron chi connectivity index (χ2n) is 5.56. The van der Waals surface area contributed by atoms with Gasteiger partial charge in [0.2, 0.25) is 5.91 Å². The number of carbonyl (C=O) groups is 1. The minimum atomic E-state index is -3.90. The minimum Gasteiger partial charge on any atom is -0.496 e. The molecule has 0 radical (unpaired) electrons. The molecule has 0 N–H and O–H groups in total. The zero-order valence-electron chi connectivity index (χ0n) is 13.2. The van der Waals surface area contributed by atoms with Crippen molar-refractivity contribution in [3.8, 4) is 5.75 Å². The molecule has 23 heavy (non-hydrogen) atoms. The van der Waals surface area contributed by atoms with Crippen molar-refractivity contribution in [3.63, 3.8) is 0 Å². The van der Waals surface area contributed by atoms with Crippen LogP contribution >= 0.6 is 0 Å². The van der Waals surface area contributed by atoms with E-state index in [0.29, 0.717) is 17.0 Å². The highest BCUT2D eigenvalue weighted by molar-refractivity contribution is 7.93. The minimum absolute atomic E-state index is 0.0690. The van der Waals surface area contributed by atoms with Crippen molar-refractivity contribution < 1.29 is 17.9 Å². The lowest BCUT2D eigenvalue weighted by atomic mass is 10.1. The summed E-state index contributed by atoms with van der Waals surface area (Å²) in [5.41, 5.74) is 2.45. The lowest BCUT2D eigenvalue weighted by molar-refractivity contribution is -0.117. The fraction of sp³-hybridized carbons (Fsp3) is 0.235. The van der Waals surface area contributed by atoms with Gasteiger partial charge in [-0.25, -0.2) is 12.7 Å². The van der Waals surface area contributed by atoms with Gasteiger partial charge in [-0.05, 0) is 48.7 Å². The highest BCUT2D eigenvalue weighted by atomic mass is 32.2. The summed E-state index contributed by atoms with van der Waals surface area (Å²) in [6, 6.07) is 9.93. The van der Waals surface area contributed by atoms with Crippen LogP contribution in [0.5, 0.6) is 5.75 Å². The number of benzene rings is 2. The van der Waals surface area contributed by atoms with Gasteiger partial charge in [-0.15, -0.1) is 0 Å². The van der Waals surface area contributed by atoms with E-state index in [1.807, 2.05) is 13.8 Å². The Balaban J connectivity index is 2.20. The van der Waals surface area contributed by atoms with Gasteiger partial charge in [-0.3, -0.25) is 4.79 Å². The van der Waals surface area contributed by atoms with Gasteiger partial charge in [0.1, 0.15) is 5.75 Å². The zero-order chi connectivity index (χ0) is 16.8. The molecule has 0 spiro atoms. The molecule has 1 heterocycles. The molecule has 1 aliphatic rings. The maximum Gasteiger partial charge on any atom is 0.271 e. The maximum atomic E-state index is 12.9. The van der Waals surface area contributed by atoms with Crippen LogP contribution in [-0.4, -0.2) is 21.4 Å². The topological polar surface area (TPSA) is 63.7 Å². The van der Waals surface area contributed by atoms with Gasteiger partial charge in [-0.2, -0.15) is 0 Å². The van der Waals surface area contributed by atoms with Crippen LogP contribution in [0, 0.1) is 13.8 Å². The Bertz CT molecular complexity index is 880. The first-order chi connectivity index (χ1) is 10.9. The predicted molar refractivity (Wildman–Crippen MR) is 87.3 cm³/mol. The molecule has 6 heteroatoms. The maximum absolute atomic E-state index is 12.9. The molecule has 2 aromatic rings. The third-order valence-corrected chi connectivity index (χ3v) is 5.79. The number of nitrogens with zero attached hydrogens (tertiary/aromatic N) is 1. The molecule has 1 aliphatic heterocycles. The number of rotatable bonds is 2. The zero-order valence-corrected chi connectivity index (χ0v) is 14.0. The van der Waals surface area contributed by atoms with Crippen molar-refractivity contribution in [2.24, 2.45) is 0 Å². The Morgan fingerprint density at radius 3 is 2.30 bits per heavy atom. The van der Waals surface area contributed by atoms with E-state index < -0.39 is 15.9 Å². The Morgan fingerprint density at radius 1 is 1.09 bits per heavy atom. The lowest BCUT2D eigenvalue weighted by Crippen LogP contribution is -2.42. The van der Waals surface area contributed by atoms with Gasteiger partial charge < -0.3 is 4.74 Å². The van der Waals surface area contributed by atoms with Crippen molar-refractivity contribution in [2.75, 3.05) is 11.4 Å². The molecule has 3 rings (SSSR count). The van der Waals surface area contributed by atoms with Crippen LogP contribution in [0.3, 0.4) is 0 Å². The second kappa shape index (κ2) is 5.38. The Labute approximate surface area is 135 Å². The Hall–Kier alpha value is -2.34. The van der Waals surface area contributed by atoms with Crippen LogP contribution in [0.15, 0.2) is 41.3 Å². The number of carbonyl (C=O) groups excluding carboxylic acids is 1. The summed E-state index contributed by atoms with van der Waals surface area (Å²) in [5, 5.41) is 0. The molecular weight excluding hydrogens is 314 g/mol. The molecule has 0 bridgehead atoms. The molecule has 0 aliphatic carbocycles. The monoisotopic (exact) mass is 331 g/mol. The van der Waals surface area contributed by atoms with Crippen LogP contribution in [0.25, 0.3) is 0 Å². The number of fused-ring (bicyclic) bond motifs is 1. The number of anilines is 1. The third kappa shape index (κ3) is 2.39. The molecule has 120 valence electrons. The molecule has 0 fully saturated rings. The molecule has 2 aromatic carbocycles. The second-order valence-corrected chi connectivity index (χ2v) is 7.32. The number of methoxy groups -OCH3 is 1. The number of hydrogen-bond donors (Lipinski definition) is 0. The highest BCUT2D eigenvalue weighted by Gasteiger charge is 2.37. The summed E-state index contributed by atoms with van der Waals surface area (Å²) < 4.78 is 31.9. The fourth-order valence-corrected chi connectivity index (χ4v) is 4.65. The van der Waals surface area contributed by atoms with Crippen molar-refractivity contribution in [2.45, 2.75) is 25.2 Å². The lowest BCUT2D eigenvalue weighted by Gasteiger charge is -2.29. The molecule has 0 saturated carbocycles. The molecule has 1 amide bonds. The van der Waals surface area contributed by atoms with Gasteiger partial charge in [-0.1, -0.05) is 18.2 Å². The van der Waals surface area contributed by atoms with Crippen molar-refractivity contribution in [1.29, 1.82) is 0 Å². The van der Waals surface area contributed by atoms with E-state index in [1.165, 1.54) is 6.07 Å². The van der Waals surface area contributed by atoms with Crippen LogP contribution in [0.4, 0.5) is 5.69 Å². The number of hydrogen-bond acceptors (Lipinski definition) is 4. The predicted octanol–water partition coefficient (Wildman–Crippen LogP) is 2.59.